The molecule has 12 heteroatoms. The maximum absolute atomic E-state index is 11.6. The van der Waals surface area contributed by atoms with E-state index in [9.17, 15) is 24.0 Å². The van der Waals surface area contributed by atoms with Gasteiger partial charge in [-0.15, -0.1) is 0 Å². The first-order chi connectivity index (χ1) is 16.6. The van der Waals surface area contributed by atoms with Gasteiger partial charge in [0.25, 0.3) is 5.91 Å². The maximum Gasteiger partial charge on any atom is 0.251 e. The van der Waals surface area contributed by atoms with Crippen molar-refractivity contribution in [1.82, 2.24) is 36.6 Å². The van der Waals surface area contributed by atoms with E-state index in [0.29, 0.717) is 12.1 Å². The molecule has 0 radical (unpaired) electrons. The van der Waals surface area contributed by atoms with Gasteiger partial charge in [0, 0.05) is 30.7 Å². The van der Waals surface area contributed by atoms with Gasteiger partial charge >= 0.3 is 0 Å². The third kappa shape index (κ3) is 9.91. The minimum atomic E-state index is -0.324. The average molecular weight is 490 g/mol. The van der Waals surface area contributed by atoms with Crippen molar-refractivity contribution in [2.24, 2.45) is 0 Å². The number of amides is 5. The molecule has 0 aliphatic carbocycles. The predicted octanol–water partition coefficient (Wildman–Crippen LogP) is -1.66. The van der Waals surface area contributed by atoms with E-state index in [4.69, 9.17) is 0 Å². The number of carbonyl (C=O) groups is 5. The summed E-state index contributed by atoms with van der Waals surface area (Å²) < 4.78 is 0. The molecule has 3 rings (SSSR count). The zero-order valence-corrected chi connectivity index (χ0v) is 20.6. The highest BCUT2D eigenvalue weighted by molar-refractivity contribution is 6.00. The topological polar surface area (TPSA) is 152 Å². The van der Waals surface area contributed by atoms with Gasteiger partial charge in [-0.3, -0.25) is 55.3 Å². The molecule has 35 heavy (non-hydrogen) atoms. The van der Waals surface area contributed by atoms with E-state index in [1.54, 1.807) is 9.80 Å². The first-order valence-corrected chi connectivity index (χ1v) is 11.5. The number of piperazine rings is 2. The van der Waals surface area contributed by atoms with E-state index in [1.807, 2.05) is 52.1 Å². The average Bonchev–Trinajstić information content (AvgIpc) is 2.76. The molecule has 2 aliphatic rings. The molecule has 0 bridgehead atoms. The number of benzene rings is 1. The molecule has 2 aliphatic heterocycles. The van der Waals surface area contributed by atoms with Crippen LogP contribution in [0.5, 0.6) is 0 Å². The Morgan fingerprint density at radius 3 is 1.89 bits per heavy atom. The van der Waals surface area contributed by atoms with E-state index in [-0.39, 0.29) is 67.8 Å². The summed E-state index contributed by atoms with van der Waals surface area (Å²) >= 11 is 0. The number of nitrogens with one attached hydrogen (secondary N) is 5. The largest absolute Gasteiger partial charge is 0.350 e. The molecule has 0 saturated carbocycles. The second kappa shape index (κ2) is 13.6. The van der Waals surface area contributed by atoms with Crippen LogP contribution in [0.1, 0.15) is 36.7 Å². The minimum absolute atomic E-state index is 0.0249. The van der Waals surface area contributed by atoms with Crippen molar-refractivity contribution in [3.63, 3.8) is 0 Å². The third-order valence-corrected chi connectivity index (χ3v) is 5.24. The number of hydrazine groups is 1. The summed E-state index contributed by atoms with van der Waals surface area (Å²) in [6, 6.07) is 7.64. The Balaban J connectivity index is 0.000000251. The molecule has 5 N–H and O–H groups in total. The van der Waals surface area contributed by atoms with Crippen molar-refractivity contribution in [3.8, 4) is 0 Å². The zero-order valence-electron chi connectivity index (χ0n) is 20.6. The van der Waals surface area contributed by atoms with Gasteiger partial charge in [0.15, 0.2) is 0 Å². The Morgan fingerprint density at radius 1 is 0.886 bits per heavy atom. The fraction of sp³-hybridized carbons (Fsp3) is 0.522. The Bertz CT molecular complexity index is 887. The number of carbonyl (C=O) groups excluding carboxylic acids is 5. The molecule has 1 aromatic carbocycles. The van der Waals surface area contributed by atoms with Gasteiger partial charge in [-0.1, -0.05) is 12.1 Å². The predicted molar refractivity (Wildman–Crippen MR) is 129 cm³/mol. The monoisotopic (exact) mass is 489 g/mol. The van der Waals surface area contributed by atoms with E-state index < -0.39 is 0 Å². The molecular weight excluding hydrogens is 454 g/mol. The smallest absolute Gasteiger partial charge is 0.251 e. The molecule has 2 saturated heterocycles. The van der Waals surface area contributed by atoms with Gasteiger partial charge in [-0.25, -0.2) is 0 Å². The van der Waals surface area contributed by atoms with Gasteiger partial charge in [-0.05, 0) is 45.5 Å². The number of nitrogens with zero attached hydrogens (tertiary/aromatic N) is 2. The summed E-state index contributed by atoms with van der Waals surface area (Å²) in [4.78, 5) is 60.1. The van der Waals surface area contributed by atoms with Crippen LogP contribution in [0, 0.1) is 0 Å². The number of hydrogen-bond donors (Lipinski definition) is 5. The SMILES string of the molecule is CC(CN1CC(=O)NC(=O)C1)N1CC(=O)NC(=O)C1.CNNCc1ccc(C(=O)NC(C)C)cc1. The molecule has 0 spiro atoms. The Kier molecular flexibility index (Phi) is 10.9. The summed E-state index contributed by atoms with van der Waals surface area (Å²) in [5, 5.41) is 7.31. The summed E-state index contributed by atoms with van der Waals surface area (Å²) in [6.07, 6.45) is 0. The van der Waals surface area contributed by atoms with Crippen LogP contribution in [-0.2, 0) is 25.7 Å². The zero-order chi connectivity index (χ0) is 26.0. The molecule has 1 aromatic rings. The van der Waals surface area contributed by atoms with Crippen LogP contribution in [0.3, 0.4) is 0 Å². The first-order valence-electron chi connectivity index (χ1n) is 11.5. The van der Waals surface area contributed by atoms with Crippen LogP contribution in [-0.4, -0.2) is 91.2 Å². The van der Waals surface area contributed by atoms with Crippen molar-refractivity contribution in [2.45, 2.75) is 39.4 Å². The fourth-order valence-corrected chi connectivity index (χ4v) is 3.60. The van der Waals surface area contributed by atoms with Gasteiger partial charge in [-0.2, -0.15) is 0 Å². The van der Waals surface area contributed by atoms with Crippen LogP contribution in [0.2, 0.25) is 0 Å². The maximum atomic E-state index is 11.6. The van der Waals surface area contributed by atoms with Gasteiger partial charge in [0.1, 0.15) is 0 Å². The summed E-state index contributed by atoms with van der Waals surface area (Å²) in [6.45, 7) is 7.58. The van der Waals surface area contributed by atoms with Crippen molar-refractivity contribution >= 4 is 29.5 Å². The third-order valence-electron chi connectivity index (χ3n) is 5.24. The summed E-state index contributed by atoms with van der Waals surface area (Å²) in [5.41, 5.74) is 7.68. The summed E-state index contributed by atoms with van der Waals surface area (Å²) in [7, 11) is 1.82. The quantitative estimate of drug-likeness (QED) is 0.213. The standard InChI is InChI=1S/C12H19N3O.C11H16N4O4/c1-9(2)15-12(16)11-6-4-10(5-7-11)8-14-13-3;1-7(15-5-10(18)13-11(19)6-15)2-14-3-8(16)12-9(17)4-14/h4-7,9,13-14H,8H2,1-3H3,(H,15,16);7H,2-6H2,1H3,(H,12,16,17)(H,13,18,19). The molecule has 192 valence electrons. The molecule has 1 unspecified atom stereocenters. The van der Waals surface area contributed by atoms with Gasteiger partial charge < -0.3 is 5.32 Å². The lowest BCUT2D eigenvalue weighted by atomic mass is 10.1. The van der Waals surface area contributed by atoms with Gasteiger partial charge in [0.05, 0.1) is 26.2 Å². The van der Waals surface area contributed by atoms with E-state index >= 15 is 0 Å². The first kappa shape index (κ1) is 28.1. The molecule has 0 aromatic heterocycles. The van der Waals surface area contributed by atoms with Crippen molar-refractivity contribution in [3.05, 3.63) is 35.4 Å². The molecule has 2 fully saturated rings. The molecular formula is C23H35N7O5. The minimum Gasteiger partial charge on any atom is -0.350 e. The lowest BCUT2D eigenvalue weighted by Crippen LogP contribution is -2.58. The normalized spacial score (nSPS) is 17.9. The fourth-order valence-electron chi connectivity index (χ4n) is 3.60. The highest BCUT2D eigenvalue weighted by Crippen LogP contribution is 2.06. The highest BCUT2D eigenvalue weighted by atomic mass is 16.2. The van der Waals surface area contributed by atoms with E-state index in [1.165, 1.54) is 0 Å². The summed E-state index contributed by atoms with van der Waals surface area (Å²) in [5.74, 6) is -1.32. The molecule has 5 amide bonds. The number of imide groups is 2. The molecule has 2 heterocycles. The van der Waals surface area contributed by atoms with Crippen LogP contribution >= 0.6 is 0 Å². The number of hydrogen-bond acceptors (Lipinski definition) is 9. The molecule has 1 atom stereocenters. The Hall–Kier alpha value is -3.19. The Labute approximate surface area is 205 Å². The van der Waals surface area contributed by atoms with Crippen molar-refractivity contribution < 1.29 is 24.0 Å². The van der Waals surface area contributed by atoms with Crippen LogP contribution in [0.15, 0.2) is 24.3 Å². The van der Waals surface area contributed by atoms with Crippen LogP contribution in [0.4, 0.5) is 0 Å². The van der Waals surface area contributed by atoms with Gasteiger partial charge in [0.2, 0.25) is 23.6 Å². The number of rotatable bonds is 8. The van der Waals surface area contributed by atoms with E-state index in [0.717, 1.165) is 12.1 Å². The van der Waals surface area contributed by atoms with Crippen molar-refractivity contribution in [1.29, 1.82) is 0 Å². The van der Waals surface area contributed by atoms with Crippen molar-refractivity contribution in [2.75, 3.05) is 39.8 Å². The van der Waals surface area contributed by atoms with Crippen LogP contribution < -0.4 is 26.8 Å². The second-order valence-corrected chi connectivity index (χ2v) is 8.79. The Morgan fingerprint density at radius 2 is 1.40 bits per heavy atom. The lowest BCUT2D eigenvalue weighted by molar-refractivity contribution is -0.140. The second-order valence-electron chi connectivity index (χ2n) is 8.79. The molecule has 12 nitrogen and oxygen atoms in total. The van der Waals surface area contributed by atoms with Crippen LogP contribution in [0.25, 0.3) is 0 Å². The lowest BCUT2D eigenvalue weighted by Gasteiger charge is -2.35. The highest BCUT2D eigenvalue weighted by Gasteiger charge is 2.29. The van der Waals surface area contributed by atoms with E-state index in [2.05, 4.69) is 26.8 Å².